The third-order valence-electron chi connectivity index (χ3n) is 2.01. The molecule has 11 heavy (non-hydrogen) atoms. The van der Waals surface area contributed by atoms with Crippen LogP contribution in [0.25, 0.3) is 0 Å². The first-order valence-corrected chi connectivity index (χ1v) is 3.98. The number of hydrogen-bond acceptors (Lipinski definition) is 2. The van der Waals surface area contributed by atoms with E-state index < -0.39 is 11.6 Å². The van der Waals surface area contributed by atoms with Crippen molar-refractivity contribution < 1.29 is 14.6 Å². The fourth-order valence-electron chi connectivity index (χ4n) is 1.33. The number of aliphatic carboxylic acids is 1. The van der Waals surface area contributed by atoms with Gasteiger partial charge in [0.05, 0.1) is 6.10 Å². The van der Waals surface area contributed by atoms with Gasteiger partial charge in [-0.3, -0.25) is 0 Å². The zero-order chi connectivity index (χ0) is 8.48. The van der Waals surface area contributed by atoms with Crippen molar-refractivity contribution in [2.75, 3.05) is 0 Å². The first-order valence-electron chi connectivity index (χ1n) is 3.98. The van der Waals surface area contributed by atoms with E-state index in [-0.39, 0.29) is 6.10 Å². The van der Waals surface area contributed by atoms with Gasteiger partial charge in [0.2, 0.25) is 0 Å². The second-order valence-corrected chi connectivity index (χ2v) is 3.32. The molecule has 1 N–H and O–H groups in total. The number of carbonyl (C=O) groups is 1. The van der Waals surface area contributed by atoms with Gasteiger partial charge in [-0.25, -0.2) is 4.79 Å². The van der Waals surface area contributed by atoms with Gasteiger partial charge in [0.1, 0.15) is 0 Å². The third-order valence-corrected chi connectivity index (χ3v) is 2.01. The Morgan fingerprint density at radius 1 is 1.55 bits per heavy atom. The highest BCUT2D eigenvalue weighted by Crippen LogP contribution is 2.36. The van der Waals surface area contributed by atoms with E-state index in [2.05, 4.69) is 0 Å². The summed E-state index contributed by atoms with van der Waals surface area (Å²) in [5.74, 6) is -0.808. The predicted molar refractivity (Wildman–Crippen MR) is 40.4 cm³/mol. The highest BCUT2D eigenvalue weighted by atomic mass is 16.5. The summed E-state index contributed by atoms with van der Waals surface area (Å²) in [6, 6.07) is 0. The van der Waals surface area contributed by atoms with E-state index in [0.717, 1.165) is 6.42 Å². The average molecular weight is 158 g/mol. The van der Waals surface area contributed by atoms with Crippen molar-refractivity contribution in [2.45, 2.75) is 44.8 Å². The van der Waals surface area contributed by atoms with Crippen LogP contribution < -0.4 is 0 Å². The maximum atomic E-state index is 10.7. The molecule has 1 aliphatic carbocycles. The van der Waals surface area contributed by atoms with Crippen LogP contribution in [0.1, 0.15) is 33.1 Å². The summed E-state index contributed by atoms with van der Waals surface area (Å²) in [6.45, 7) is 3.73. The third kappa shape index (κ3) is 1.53. The summed E-state index contributed by atoms with van der Waals surface area (Å²) in [5, 5.41) is 8.81. The molecule has 1 aliphatic rings. The van der Waals surface area contributed by atoms with Gasteiger partial charge in [-0.2, -0.15) is 0 Å². The molecule has 1 saturated carbocycles. The molecule has 0 heterocycles. The number of rotatable bonds is 3. The van der Waals surface area contributed by atoms with Crippen LogP contribution in [-0.2, 0) is 9.53 Å². The lowest BCUT2D eigenvalue weighted by molar-refractivity contribution is -0.186. The van der Waals surface area contributed by atoms with Gasteiger partial charge in [0, 0.05) is 0 Å². The number of carboxylic acid groups (broad SMARTS) is 1. The summed E-state index contributed by atoms with van der Waals surface area (Å²) in [7, 11) is 0. The van der Waals surface area contributed by atoms with E-state index in [1.54, 1.807) is 0 Å². The van der Waals surface area contributed by atoms with Crippen molar-refractivity contribution in [1.82, 2.24) is 0 Å². The average Bonchev–Trinajstić information content (AvgIpc) is 1.77. The summed E-state index contributed by atoms with van der Waals surface area (Å²) in [6.07, 6.45) is 2.31. The molecule has 3 heteroatoms. The van der Waals surface area contributed by atoms with Gasteiger partial charge in [-0.1, -0.05) is 0 Å². The molecular formula is C8H14O3. The van der Waals surface area contributed by atoms with Gasteiger partial charge in [-0.15, -0.1) is 0 Å². The quantitative estimate of drug-likeness (QED) is 0.675. The fraction of sp³-hybridized carbons (Fsp3) is 0.875. The highest BCUT2D eigenvalue weighted by Gasteiger charge is 2.46. The standard InChI is InChI=1S/C8H14O3/c1-6(2)11-8(7(9)10)4-3-5-8/h6H,3-5H2,1-2H3,(H,9,10). The summed E-state index contributed by atoms with van der Waals surface area (Å²) < 4.78 is 5.34. The Labute approximate surface area is 66.4 Å². The summed E-state index contributed by atoms with van der Waals surface area (Å²) >= 11 is 0. The van der Waals surface area contributed by atoms with Crippen molar-refractivity contribution in [1.29, 1.82) is 0 Å². The topological polar surface area (TPSA) is 46.5 Å². The van der Waals surface area contributed by atoms with E-state index in [4.69, 9.17) is 9.84 Å². The van der Waals surface area contributed by atoms with Crippen molar-refractivity contribution in [3.63, 3.8) is 0 Å². The lowest BCUT2D eigenvalue weighted by Crippen LogP contribution is -2.49. The normalized spacial score (nSPS) is 21.4. The van der Waals surface area contributed by atoms with Gasteiger partial charge < -0.3 is 9.84 Å². The zero-order valence-corrected chi connectivity index (χ0v) is 6.96. The minimum atomic E-state index is -0.839. The SMILES string of the molecule is CC(C)OC1(C(=O)O)CCC1. The Morgan fingerprint density at radius 3 is 2.18 bits per heavy atom. The number of hydrogen-bond donors (Lipinski definition) is 1. The molecule has 1 fully saturated rings. The zero-order valence-electron chi connectivity index (χ0n) is 6.96. The van der Waals surface area contributed by atoms with E-state index in [0.29, 0.717) is 12.8 Å². The minimum absolute atomic E-state index is 0.00593. The van der Waals surface area contributed by atoms with E-state index >= 15 is 0 Å². The number of ether oxygens (including phenoxy) is 1. The maximum Gasteiger partial charge on any atom is 0.335 e. The molecule has 1 rings (SSSR count). The van der Waals surface area contributed by atoms with Crippen LogP contribution in [0.15, 0.2) is 0 Å². The highest BCUT2D eigenvalue weighted by molar-refractivity contribution is 5.78. The Hall–Kier alpha value is -0.570. The largest absolute Gasteiger partial charge is 0.479 e. The molecule has 0 aliphatic heterocycles. The smallest absolute Gasteiger partial charge is 0.335 e. The maximum absolute atomic E-state index is 10.7. The Balaban J connectivity index is 2.54. The molecule has 0 bridgehead atoms. The molecule has 3 nitrogen and oxygen atoms in total. The van der Waals surface area contributed by atoms with Crippen LogP contribution in [-0.4, -0.2) is 22.8 Å². The van der Waals surface area contributed by atoms with Crippen LogP contribution in [0.3, 0.4) is 0 Å². The minimum Gasteiger partial charge on any atom is -0.479 e. The Bertz CT molecular complexity index is 159. The van der Waals surface area contributed by atoms with Crippen LogP contribution in [0.4, 0.5) is 0 Å². The lowest BCUT2D eigenvalue weighted by atomic mass is 9.80. The Morgan fingerprint density at radius 2 is 2.09 bits per heavy atom. The molecule has 0 unspecified atom stereocenters. The van der Waals surface area contributed by atoms with Crippen LogP contribution in [0.2, 0.25) is 0 Å². The van der Waals surface area contributed by atoms with E-state index in [1.807, 2.05) is 13.8 Å². The Kier molecular flexibility index (Phi) is 2.18. The van der Waals surface area contributed by atoms with Crippen molar-refractivity contribution >= 4 is 5.97 Å². The molecule has 0 atom stereocenters. The van der Waals surface area contributed by atoms with Gasteiger partial charge >= 0.3 is 5.97 Å². The molecule has 0 spiro atoms. The molecule has 0 aromatic rings. The van der Waals surface area contributed by atoms with Gasteiger partial charge in [-0.05, 0) is 33.1 Å². The lowest BCUT2D eigenvalue weighted by Gasteiger charge is -2.38. The molecule has 0 aromatic heterocycles. The van der Waals surface area contributed by atoms with E-state index in [9.17, 15) is 4.79 Å². The van der Waals surface area contributed by atoms with Gasteiger partial charge in [0.15, 0.2) is 5.60 Å². The summed E-state index contributed by atoms with van der Waals surface area (Å²) in [4.78, 5) is 10.7. The van der Waals surface area contributed by atoms with Crippen LogP contribution in [0, 0.1) is 0 Å². The second kappa shape index (κ2) is 2.81. The molecule has 0 amide bonds. The van der Waals surface area contributed by atoms with Crippen molar-refractivity contribution in [3.8, 4) is 0 Å². The molecule has 0 saturated heterocycles. The predicted octanol–water partition coefficient (Wildman–Crippen LogP) is 1.42. The molecule has 0 aromatic carbocycles. The molecule has 0 radical (unpaired) electrons. The number of carboxylic acids is 1. The van der Waals surface area contributed by atoms with Crippen molar-refractivity contribution in [2.24, 2.45) is 0 Å². The van der Waals surface area contributed by atoms with Crippen LogP contribution in [0.5, 0.6) is 0 Å². The van der Waals surface area contributed by atoms with Crippen LogP contribution >= 0.6 is 0 Å². The van der Waals surface area contributed by atoms with E-state index in [1.165, 1.54) is 0 Å². The first-order chi connectivity index (χ1) is 5.07. The monoisotopic (exact) mass is 158 g/mol. The second-order valence-electron chi connectivity index (χ2n) is 3.32. The fourth-order valence-corrected chi connectivity index (χ4v) is 1.33. The van der Waals surface area contributed by atoms with Gasteiger partial charge in [0.25, 0.3) is 0 Å². The first kappa shape index (κ1) is 8.53. The molecular weight excluding hydrogens is 144 g/mol. The molecule has 64 valence electrons. The van der Waals surface area contributed by atoms with Crippen molar-refractivity contribution in [3.05, 3.63) is 0 Å². The summed E-state index contributed by atoms with van der Waals surface area (Å²) in [5.41, 5.74) is -0.839.